The molecule has 0 aliphatic carbocycles. The highest BCUT2D eigenvalue weighted by molar-refractivity contribution is 5.67. The Morgan fingerprint density at radius 3 is 2.35 bits per heavy atom. The third-order valence-corrected chi connectivity index (χ3v) is 2.95. The SMILES string of the molecule is CC(=O)OC1CC2OC1(O)C(OC(C)=O)C2O. The van der Waals surface area contributed by atoms with Crippen molar-refractivity contribution in [3.05, 3.63) is 0 Å². The van der Waals surface area contributed by atoms with Gasteiger partial charge in [-0.05, 0) is 0 Å². The average Bonchev–Trinajstić information content (AvgIpc) is 2.60. The average molecular weight is 246 g/mol. The van der Waals surface area contributed by atoms with Gasteiger partial charge in [0.05, 0.1) is 6.10 Å². The number of aliphatic hydroxyl groups is 2. The van der Waals surface area contributed by atoms with Crippen LogP contribution in [0.3, 0.4) is 0 Å². The first kappa shape index (κ1) is 12.3. The molecule has 0 spiro atoms. The maximum atomic E-state index is 10.9. The molecule has 7 nitrogen and oxygen atoms in total. The van der Waals surface area contributed by atoms with Gasteiger partial charge < -0.3 is 24.4 Å². The number of esters is 2. The molecule has 5 atom stereocenters. The summed E-state index contributed by atoms with van der Waals surface area (Å²) in [7, 11) is 0. The third kappa shape index (κ3) is 1.90. The minimum absolute atomic E-state index is 0.176. The minimum atomic E-state index is -1.96. The molecule has 0 aromatic carbocycles. The van der Waals surface area contributed by atoms with Gasteiger partial charge in [0.2, 0.25) is 5.79 Å². The van der Waals surface area contributed by atoms with Gasteiger partial charge in [-0.1, -0.05) is 0 Å². The number of fused-ring (bicyclic) bond motifs is 2. The lowest BCUT2D eigenvalue weighted by molar-refractivity contribution is -0.255. The summed E-state index contributed by atoms with van der Waals surface area (Å²) < 4.78 is 14.9. The second-order valence-corrected chi connectivity index (χ2v) is 4.26. The zero-order chi connectivity index (χ0) is 12.8. The predicted molar refractivity (Wildman–Crippen MR) is 51.6 cm³/mol. The molecule has 7 heteroatoms. The Hall–Kier alpha value is -1.18. The van der Waals surface area contributed by atoms with Gasteiger partial charge in [0.15, 0.2) is 12.2 Å². The molecule has 2 bridgehead atoms. The molecule has 2 rings (SSSR count). The van der Waals surface area contributed by atoms with Crippen LogP contribution in [0.4, 0.5) is 0 Å². The Morgan fingerprint density at radius 2 is 1.88 bits per heavy atom. The first-order chi connectivity index (χ1) is 7.84. The van der Waals surface area contributed by atoms with Crippen molar-refractivity contribution >= 4 is 11.9 Å². The fourth-order valence-corrected chi connectivity index (χ4v) is 2.31. The number of rotatable bonds is 2. The molecule has 0 amide bonds. The van der Waals surface area contributed by atoms with Gasteiger partial charge >= 0.3 is 11.9 Å². The van der Waals surface area contributed by atoms with Crippen molar-refractivity contribution in [2.75, 3.05) is 0 Å². The molecule has 2 saturated heterocycles. The maximum absolute atomic E-state index is 10.9. The highest BCUT2D eigenvalue weighted by Crippen LogP contribution is 2.45. The van der Waals surface area contributed by atoms with Crippen LogP contribution in [0.1, 0.15) is 20.3 Å². The molecule has 2 heterocycles. The quantitative estimate of drug-likeness (QED) is 0.584. The van der Waals surface area contributed by atoms with Gasteiger partial charge in [0.1, 0.15) is 6.10 Å². The Morgan fingerprint density at radius 1 is 1.29 bits per heavy atom. The first-order valence-electron chi connectivity index (χ1n) is 5.27. The molecular formula is C10H14O7. The molecule has 0 saturated carbocycles. The van der Waals surface area contributed by atoms with Crippen LogP contribution < -0.4 is 0 Å². The third-order valence-electron chi connectivity index (χ3n) is 2.95. The molecule has 2 aliphatic heterocycles. The molecule has 0 aromatic rings. The Bertz CT molecular complexity index is 355. The zero-order valence-corrected chi connectivity index (χ0v) is 9.45. The monoisotopic (exact) mass is 246 g/mol. The minimum Gasteiger partial charge on any atom is -0.457 e. The van der Waals surface area contributed by atoms with Gasteiger partial charge in [-0.2, -0.15) is 0 Å². The van der Waals surface area contributed by atoms with E-state index in [2.05, 4.69) is 0 Å². The molecule has 0 radical (unpaired) electrons. The lowest BCUT2D eigenvalue weighted by Crippen LogP contribution is -2.56. The lowest BCUT2D eigenvalue weighted by atomic mass is 9.89. The largest absolute Gasteiger partial charge is 0.457 e. The number of carbonyl (C=O) groups excluding carboxylic acids is 2. The van der Waals surface area contributed by atoms with Gasteiger partial charge in [-0.25, -0.2) is 0 Å². The Labute approximate surface area is 97.3 Å². The van der Waals surface area contributed by atoms with E-state index in [0.717, 1.165) is 6.92 Å². The number of hydrogen-bond donors (Lipinski definition) is 2. The number of carbonyl (C=O) groups is 2. The summed E-state index contributed by atoms with van der Waals surface area (Å²) in [4.78, 5) is 21.8. The van der Waals surface area contributed by atoms with E-state index in [-0.39, 0.29) is 6.42 Å². The molecule has 2 aliphatic rings. The van der Waals surface area contributed by atoms with Crippen molar-refractivity contribution in [2.24, 2.45) is 0 Å². The molecule has 17 heavy (non-hydrogen) atoms. The van der Waals surface area contributed by atoms with E-state index in [0.29, 0.717) is 0 Å². The van der Waals surface area contributed by atoms with Crippen molar-refractivity contribution in [1.29, 1.82) is 0 Å². The zero-order valence-electron chi connectivity index (χ0n) is 9.45. The number of hydrogen-bond acceptors (Lipinski definition) is 7. The molecule has 2 N–H and O–H groups in total. The molecule has 0 aromatic heterocycles. The highest BCUT2D eigenvalue weighted by atomic mass is 16.7. The van der Waals surface area contributed by atoms with Crippen LogP contribution in [0.5, 0.6) is 0 Å². The Kier molecular flexibility index (Phi) is 2.84. The van der Waals surface area contributed by atoms with Gasteiger partial charge in [-0.3, -0.25) is 9.59 Å². The fraction of sp³-hybridized carbons (Fsp3) is 0.800. The Balaban J connectivity index is 2.18. The standard InChI is InChI=1S/C10H14O7/c1-4(11)15-7-3-6-8(13)9(16-5(2)12)10(7,14)17-6/h6-9,13-14H,3H2,1-2H3. The topological polar surface area (TPSA) is 102 Å². The number of ether oxygens (including phenoxy) is 3. The van der Waals surface area contributed by atoms with E-state index in [1.54, 1.807) is 0 Å². The molecule has 2 fully saturated rings. The van der Waals surface area contributed by atoms with Crippen molar-refractivity contribution in [2.45, 2.75) is 50.5 Å². The van der Waals surface area contributed by atoms with Crippen LogP contribution >= 0.6 is 0 Å². The van der Waals surface area contributed by atoms with E-state index in [4.69, 9.17) is 14.2 Å². The summed E-state index contributed by atoms with van der Waals surface area (Å²) in [5, 5.41) is 19.9. The smallest absolute Gasteiger partial charge is 0.303 e. The van der Waals surface area contributed by atoms with Crippen molar-refractivity contribution in [1.82, 2.24) is 0 Å². The summed E-state index contributed by atoms with van der Waals surface area (Å²) >= 11 is 0. The van der Waals surface area contributed by atoms with Crippen molar-refractivity contribution in [3.63, 3.8) is 0 Å². The van der Waals surface area contributed by atoms with Crippen LogP contribution in [0.25, 0.3) is 0 Å². The lowest BCUT2D eigenvalue weighted by Gasteiger charge is -2.34. The highest BCUT2D eigenvalue weighted by Gasteiger charge is 2.67. The summed E-state index contributed by atoms with van der Waals surface area (Å²) in [6, 6.07) is 0. The van der Waals surface area contributed by atoms with E-state index < -0.39 is 42.1 Å². The predicted octanol–water partition coefficient (Wildman–Crippen LogP) is -1.30. The summed E-state index contributed by atoms with van der Waals surface area (Å²) in [5.74, 6) is -3.18. The van der Waals surface area contributed by atoms with Gasteiger partial charge in [0, 0.05) is 20.3 Å². The van der Waals surface area contributed by atoms with E-state index in [1.165, 1.54) is 6.92 Å². The van der Waals surface area contributed by atoms with Crippen LogP contribution in [0, 0.1) is 0 Å². The van der Waals surface area contributed by atoms with Crippen LogP contribution in [-0.2, 0) is 23.8 Å². The summed E-state index contributed by atoms with van der Waals surface area (Å²) in [6.45, 7) is 2.36. The maximum Gasteiger partial charge on any atom is 0.303 e. The summed E-state index contributed by atoms with van der Waals surface area (Å²) in [5.41, 5.74) is 0. The fourth-order valence-electron chi connectivity index (χ4n) is 2.31. The van der Waals surface area contributed by atoms with Crippen LogP contribution in [-0.4, -0.2) is 52.4 Å². The number of aliphatic hydroxyl groups excluding tert-OH is 1. The van der Waals surface area contributed by atoms with Crippen molar-refractivity contribution in [3.8, 4) is 0 Å². The second kappa shape index (κ2) is 3.94. The molecule has 96 valence electrons. The van der Waals surface area contributed by atoms with E-state index >= 15 is 0 Å². The normalized spacial score (nSPS) is 43.5. The second-order valence-electron chi connectivity index (χ2n) is 4.26. The first-order valence-corrected chi connectivity index (χ1v) is 5.27. The van der Waals surface area contributed by atoms with Gasteiger partial charge in [-0.15, -0.1) is 0 Å². The van der Waals surface area contributed by atoms with E-state index in [9.17, 15) is 19.8 Å². The summed E-state index contributed by atoms with van der Waals surface area (Å²) in [6.07, 6.45) is -3.81. The molecule has 5 unspecified atom stereocenters. The van der Waals surface area contributed by atoms with E-state index in [1.807, 2.05) is 0 Å². The van der Waals surface area contributed by atoms with Gasteiger partial charge in [0.25, 0.3) is 0 Å². The van der Waals surface area contributed by atoms with Crippen LogP contribution in [0.15, 0.2) is 0 Å². The molecular weight excluding hydrogens is 232 g/mol. The van der Waals surface area contributed by atoms with Crippen LogP contribution in [0.2, 0.25) is 0 Å². The van der Waals surface area contributed by atoms with Crippen molar-refractivity contribution < 1.29 is 34.0 Å².